The maximum atomic E-state index is 13.2. The van der Waals surface area contributed by atoms with Gasteiger partial charge in [0.15, 0.2) is 0 Å². The van der Waals surface area contributed by atoms with Gasteiger partial charge < -0.3 is 5.32 Å². The van der Waals surface area contributed by atoms with Gasteiger partial charge in [0.05, 0.1) is 6.54 Å². The Morgan fingerprint density at radius 2 is 1.78 bits per heavy atom. The van der Waals surface area contributed by atoms with Crippen molar-refractivity contribution in [3.63, 3.8) is 0 Å². The Hall–Kier alpha value is -2.70. The number of urea groups is 1. The molecule has 32 heavy (non-hydrogen) atoms. The molecule has 0 saturated carbocycles. The average molecular weight is 456 g/mol. The summed E-state index contributed by atoms with van der Waals surface area (Å²) in [6.45, 7) is 4.23. The molecule has 0 aliphatic carbocycles. The van der Waals surface area contributed by atoms with Crippen LogP contribution in [0.2, 0.25) is 0 Å². The van der Waals surface area contributed by atoms with Crippen molar-refractivity contribution in [2.45, 2.75) is 31.8 Å². The summed E-state index contributed by atoms with van der Waals surface area (Å²) in [4.78, 5) is 29.3. The Morgan fingerprint density at radius 1 is 1.12 bits per heavy atom. The van der Waals surface area contributed by atoms with Crippen LogP contribution in [0.1, 0.15) is 30.9 Å². The van der Waals surface area contributed by atoms with Gasteiger partial charge in [0, 0.05) is 11.6 Å². The van der Waals surface area contributed by atoms with Crippen molar-refractivity contribution in [2.75, 3.05) is 19.6 Å². The smallest absolute Gasteiger partial charge is 0.323 e. The van der Waals surface area contributed by atoms with E-state index in [9.17, 15) is 14.0 Å². The number of piperidine rings is 1. The lowest BCUT2D eigenvalue weighted by Gasteiger charge is -2.38. The molecule has 2 aliphatic rings. The maximum Gasteiger partial charge on any atom is 0.325 e. The van der Waals surface area contributed by atoms with E-state index in [1.807, 2.05) is 43.3 Å². The van der Waals surface area contributed by atoms with Gasteiger partial charge in [-0.05, 0) is 68.1 Å². The zero-order valence-electron chi connectivity index (χ0n) is 18.1. The molecule has 2 aromatic carbocycles. The highest BCUT2D eigenvalue weighted by molar-refractivity contribution is 6.31. The van der Waals surface area contributed by atoms with Gasteiger partial charge in [-0.1, -0.05) is 54.1 Å². The lowest BCUT2D eigenvalue weighted by atomic mass is 9.79. The first kappa shape index (κ1) is 22.5. The minimum absolute atomic E-state index is 0.0466. The molecule has 4 rings (SSSR count). The number of imide groups is 1. The average Bonchev–Trinajstić information content (AvgIpc) is 3.00. The summed E-state index contributed by atoms with van der Waals surface area (Å²) in [5.41, 5.74) is 0.863. The monoisotopic (exact) mass is 455 g/mol. The number of carbonyl (C=O) groups excluding carboxylic acids is 2. The van der Waals surface area contributed by atoms with Crippen LogP contribution in [0.15, 0.2) is 59.6 Å². The number of hydrogen-bond donors (Lipinski definition) is 1. The van der Waals surface area contributed by atoms with Gasteiger partial charge in [-0.3, -0.25) is 14.6 Å². The van der Waals surface area contributed by atoms with Crippen LogP contribution in [-0.4, -0.2) is 46.9 Å². The molecule has 5 nitrogen and oxygen atoms in total. The zero-order chi connectivity index (χ0) is 22.7. The van der Waals surface area contributed by atoms with E-state index in [-0.39, 0.29) is 24.2 Å². The molecule has 2 aromatic rings. The van der Waals surface area contributed by atoms with E-state index in [2.05, 4.69) is 10.2 Å². The Labute approximate surface area is 192 Å². The molecule has 2 aliphatic heterocycles. The predicted molar refractivity (Wildman–Crippen MR) is 123 cm³/mol. The SMILES string of the molecule is CC1(C2CCN(CC(Cl)=Cc3ccccc3)CC2)NC(=O)N(Cc2ccc(F)cc2)C1=O. The number of nitrogens with one attached hydrogen (secondary N) is 1. The molecule has 2 fully saturated rings. The Kier molecular flexibility index (Phi) is 6.63. The van der Waals surface area contributed by atoms with Crippen LogP contribution >= 0.6 is 11.6 Å². The highest BCUT2D eigenvalue weighted by Gasteiger charge is 2.52. The van der Waals surface area contributed by atoms with Gasteiger partial charge in [-0.2, -0.15) is 0 Å². The molecule has 3 amide bonds. The summed E-state index contributed by atoms with van der Waals surface area (Å²) in [7, 11) is 0. The van der Waals surface area contributed by atoms with Crippen LogP contribution in [0.4, 0.5) is 9.18 Å². The summed E-state index contributed by atoms with van der Waals surface area (Å²) < 4.78 is 13.2. The summed E-state index contributed by atoms with van der Waals surface area (Å²) in [6.07, 6.45) is 3.56. The van der Waals surface area contributed by atoms with Crippen molar-refractivity contribution in [3.05, 3.63) is 76.6 Å². The topological polar surface area (TPSA) is 52.7 Å². The number of halogens is 2. The van der Waals surface area contributed by atoms with Crippen molar-refractivity contribution in [1.29, 1.82) is 0 Å². The molecule has 0 bridgehead atoms. The fourth-order valence-corrected chi connectivity index (χ4v) is 4.86. The third kappa shape index (κ3) is 4.87. The van der Waals surface area contributed by atoms with Crippen molar-refractivity contribution < 1.29 is 14.0 Å². The van der Waals surface area contributed by atoms with Crippen LogP contribution in [0.3, 0.4) is 0 Å². The number of likely N-dealkylation sites (tertiary alicyclic amines) is 1. The first-order chi connectivity index (χ1) is 15.3. The van der Waals surface area contributed by atoms with Gasteiger partial charge in [-0.15, -0.1) is 0 Å². The van der Waals surface area contributed by atoms with E-state index in [1.165, 1.54) is 17.0 Å². The summed E-state index contributed by atoms with van der Waals surface area (Å²) >= 11 is 6.47. The van der Waals surface area contributed by atoms with E-state index in [0.29, 0.717) is 12.1 Å². The number of rotatable bonds is 6. The van der Waals surface area contributed by atoms with Crippen molar-refractivity contribution >= 4 is 29.6 Å². The Bertz CT molecular complexity index is 1000. The van der Waals surface area contributed by atoms with Crippen LogP contribution < -0.4 is 5.32 Å². The number of hydrogen-bond acceptors (Lipinski definition) is 3. The highest BCUT2D eigenvalue weighted by Crippen LogP contribution is 2.34. The van der Waals surface area contributed by atoms with Gasteiger partial charge in [-0.25, -0.2) is 9.18 Å². The normalized spacial score (nSPS) is 23.0. The molecule has 7 heteroatoms. The molecule has 1 N–H and O–H groups in total. The van der Waals surface area contributed by atoms with Crippen molar-refractivity contribution in [1.82, 2.24) is 15.1 Å². The lowest BCUT2D eigenvalue weighted by molar-refractivity contribution is -0.133. The van der Waals surface area contributed by atoms with E-state index in [1.54, 1.807) is 12.1 Å². The Morgan fingerprint density at radius 3 is 2.44 bits per heavy atom. The predicted octanol–water partition coefficient (Wildman–Crippen LogP) is 4.63. The first-order valence-corrected chi connectivity index (χ1v) is 11.2. The Balaban J connectivity index is 1.35. The maximum absolute atomic E-state index is 13.2. The quantitative estimate of drug-likeness (QED) is 0.646. The second-order valence-corrected chi connectivity index (χ2v) is 9.19. The van der Waals surface area contributed by atoms with E-state index >= 15 is 0 Å². The molecule has 1 atom stereocenters. The van der Waals surface area contributed by atoms with Crippen LogP contribution in [0.25, 0.3) is 6.08 Å². The number of amides is 3. The summed E-state index contributed by atoms with van der Waals surface area (Å²) in [5, 5.41) is 3.70. The minimum Gasteiger partial charge on any atom is -0.323 e. The molecular weight excluding hydrogens is 429 g/mol. The number of benzene rings is 2. The second kappa shape index (κ2) is 9.43. The van der Waals surface area contributed by atoms with E-state index in [0.717, 1.165) is 36.5 Å². The fourth-order valence-electron chi connectivity index (χ4n) is 4.57. The third-order valence-electron chi connectivity index (χ3n) is 6.46. The highest BCUT2D eigenvalue weighted by atomic mass is 35.5. The largest absolute Gasteiger partial charge is 0.325 e. The van der Waals surface area contributed by atoms with Crippen LogP contribution in [-0.2, 0) is 11.3 Å². The molecule has 0 radical (unpaired) electrons. The van der Waals surface area contributed by atoms with Crippen LogP contribution in [0, 0.1) is 11.7 Å². The molecule has 0 spiro atoms. The molecule has 0 aromatic heterocycles. The van der Waals surface area contributed by atoms with E-state index in [4.69, 9.17) is 11.6 Å². The van der Waals surface area contributed by atoms with Crippen molar-refractivity contribution in [3.8, 4) is 0 Å². The molecule has 1 unspecified atom stereocenters. The minimum atomic E-state index is -0.924. The number of carbonyl (C=O) groups is 2. The third-order valence-corrected chi connectivity index (χ3v) is 6.69. The zero-order valence-corrected chi connectivity index (χ0v) is 18.8. The molecule has 2 heterocycles. The first-order valence-electron chi connectivity index (χ1n) is 10.9. The molecule has 2 saturated heterocycles. The van der Waals surface area contributed by atoms with E-state index < -0.39 is 11.6 Å². The lowest BCUT2D eigenvalue weighted by Crippen LogP contribution is -2.54. The summed E-state index contributed by atoms with van der Waals surface area (Å²) in [6, 6.07) is 15.4. The van der Waals surface area contributed by atoms with Crippen LogP contribution in [0.5, 0.6) is 0 Å². The molecule has 168 valence electrons. The fraction of sp³-hybridized carbons (Fsp3) is 0.360. The number of nitrogens with zero attached hydrogens (tertiary/aromatic N) is 2. The van der Waals surface area contributed by atoms with Crippen molar-refractivity contribution in [2.24, 2.45) is 5.92 Å². The van der Waals surface area contributed by atoms with Gasteiger partial charge >= 0.3 is 6.03 Å². The molecular formula is C25H27ClFN3O2. The summed E-state index contributed by atoms with van der Waals surface area (Å²) in [5.74, 6) is -0.515. The van der Waals surface area contributed by atoms with Gasteiger partial charge in [0.1, 0.15) is 11.4 Å². The van der Waals surface area contributed by atoms with Gasteiger partial charge in [0.2, 0.25) is 0 Å². The standard InChI is InChI=1S/C25H27ClFN3O2/c1-25(23(31)30(24(32)28-25)16-19-7-9-22(27)10-8-19)20-11-13-29(14-12-20)17-21(26)15-18-5-3-2-4-6-18/h2-10,15,20H,11-14,16-17H2,1H3,(H,28,32). The second-order valence-electron chi connectivity index (χ2n) is 8.70. The van der Waals surface area contributed by atoms with Gasteiger partial charge in [0.25, 0.3) is 5.91 Å².